The van der Waals surface area contributed by atoms with Gasteiger partial charge in [0.25, 0.3) is 0 Å². The number of esters is 1. The Kier molecular flexibility index (Phi) is 5.54. The Morgan fingerprint density at radius 3 is 2.63 bits per heavy atom. The van der Waals surface area contributed by atoms with Gasteiger partial charge < -0.3 is 14.7 Å². The van der Waals surface area contributed by atoms with E-state index in [2.05, 4.69) is 0 Å². The van der Waals surface area contributed by atoms with E-state index in [9.17, 15) is 14.7 Å². The van der Waals surface area contributed by atoms with Gasteiger partial charge in [-0.05, 0) is 33.4 Å². The molecule has 0 aromatic carbocycles. The molecule has 0 radical (unpaired) electrons. The predicted octanol–water partition coefficient (Wildman–Crippen LogP) is 1.39. The Balaban J connectivity index is 2.71. The summed E-state index contributed by atoms with van der Waals surface area (Å²) in [4.78, 5) is 25.3. The van der Waals surface area contributed by atoms with Crippen LogP contribution in [-0.4, -0.2) is 49.2 Å². The molecule has 1 N–H and O–H groups in total. The SMILES string of the molecule is CC1=C[C@@H](C)[C@H](C(=O)OCCN(C)C)[C@@H](C(=O)O)C1. The van der Waals surface area contributed by atoms with E-state index in [0.717, 1.165) is 5.57 Å². The van der Waals surface area contributed by atoms with E-state index in [1.807, 2.05) is 38.9 Å². The first-order valence-corrected chi connectivity index (χ1v) is 6.54. The fourth-order valence-corrected chi connectivity index (χ4v) is 2.51. The van der Waals surface area contributed by atoms with E-state index >= 15 is 0 Å². The number of carboxylic acid groups (broad SMARTS) is 1. The summed E-state index contributed by atoms with van der Waals surface area (Å²) in [5, 5.41) is 9.26. The number of rotatable bonds is 5. The van der Waals surface area contributed by atoms with Gasteiger partial charge in [-0.3, -0.25) is 9.59 Å². The molecular weight excluding hydrogens is 246 g/mol. The van der Waals surface area contributed by atoms with Gasteiger partial charge in [0.2, 0.25) is 0 Å². The number of nitrogens with zero attached hydrogens (tertiary/aromatic N) is 1. The number of carbonyl (C=O) groups excluding carboxylic acids is 1. The Morgan fingerprint density at radius 2 is 2.11 bits per heavy atom. The maximum Gasteiger partial charge on any atom is 0.310 e. The Hall–Kier alpha value is -1.36. The lowest BCUT2D eigenvalue weighted by atomic mass is 9.74. The minimum Gasteiger partial charge on any atom is -0.481 e. The number of ether oxygens (including phenoxy) is 1. The highest BCUT2D eigenvalue weighted by atomic mass is 16.5. The molecule has 0 spiro atoms. The molecule has 0 heterocycles. The summed E-state index contributed by atoms with van der Waals surface area (Å²) < 4.78 is 5.21. The molecule has 19 heavy (non-hydrogen) atoms. The third-order valence-electron chi connectivity index (χ3n) is 3.46. The van der Waals surface area contributed by atoms with E-state index < -0.39 is 23.8 Å². The molecule has 0 fully saturated rings. The second-order valence-electron chi connectivity index (χ2n) is 5.52. The van der Waals surface area contributed by atoms with E-state index in [0.29, 0.717) is 19.6 Å². The van der Waals surface area contributed by atoms with Crippen molar-refractivity contribution in [1.82, 2.24) is 4.90 Å². The number of allylic oxidation sites excluding steroid dienone is 2. The van der Waals surface area contributed by atoms with E-state index in [1.165, 1.54) is 0 Å². The van der Waals surface area contributed by atoms with Crippen molar-refractivity contribution in [2.24, 2.45) is 17.8 Å². The molecule has 0 aromatic rings. The number of carboxylic acids is 1. The van der Waals surface area contributed by atoms with Gasteiger partial charge in [0, 0.05) is 6.54 Å². The molecule has 0 saturated carbocycles. The number of hydrogen-bond donors (Lipinski definition) is 1. The summed E-state index contributed by atoms with van der Waals surface area (Å²) in [6, 6.07) is 0. The van der Waals surface area contributed by atoms with Crippen LogP contribution >= 0.6 is 0 Å². The first kappa shape index (κ1) is 15.7. The minimum atomic E-state index is -0.922. The molecule has 1 aliphatic rings. The third-order valence-corrected chi connectivity index (χ3v) is 3.46. The van der Waals surface area contributed by atoms with Crippen LogP contribution in [0.2, 0.25) is 0 Å². The summed E-state index contributed by atoms with van der Waals surface area (Å²) in [7, 11) is 3.78. The lowest BCUT2D eigenvalue weighted by Gasteiger charge is -2.30. The maximum absolute atomic E-state index is 12.1. The molecule has 1 rings (SSSR count). The zero-order valence-corrected chi connectivity index (χ0v) is 12.0. The van der Waals surface area contributed by atoms with Gasteiger partial charge in [-0.1, -0.05) is 18.6 Å². The van der Waals surface area contributed by atoms with Crippen LogP contribution in [-0.2, 0) is 14.3 Å². The summed E-state index contributed by atoms with van der Waals surface area (Å²) >= 11 is 0. The van der Waals surface area contributed by atoms with Crippen LogP contribution < -0.4 is 0 Å². The van der Waals surface area contributed by atoms with E-state index in [1.54, 1.807) is 0 Å². The van der Waals surface area contributed by atoms with Crippen LogP contribution in [0.15, 0.2) is 11.6 Å². The van der Waals surface area contributed by atoms with Crippen LogP contribution in [0.4, 0.5) is 0 Å². The predicted molar refractivity (Wildman–Crippen MR) is 71.7 cm³/mol. The van der Waals surface area contributed by atoms with Crippen LogP contribution in [0.5, 0.6) is 0 Å². The monoisotopic (exact) mass is 269 g/mol. The molecule has 5 heteroatoms. The smallest absolute Gasteiger partial charge is 0.310 e. The van der Waals surface area contributed by atoms with Crippen molar-refractivity contribution in [3.8, 4) is 0 Å². The van der Waals surface area contributed by atoms with E-state index in [-0.39, 0.29) is 5.92 Å². The van der Waals surface area contributed by atoms with Crippen molar-refractivity contribution in [3.05, 3.63) is 11.6 Å². The van der Waals surface area contributed by atoms with Crippen molar-refractivity contribution >= 4 is 11.9 Å². The molecule has 0 bridgehead atoms. The molecule has 0 aromatic heterocycles. The number of hydrogen-bond acceptors (Lipinski definition) is 4. The highest BCUT2D eigenvalue weighted by Gasteiger charge is 2.40. The fraction of sp³-hybridized carbons (Fsp3) is 0.714. The van der Waals surface area contributed by atoms with Gasteiger partial charge in [0.1, 0.15) is 6.61 Å². The van der Waals surface area contributed by atoms with Crippen LogP contribution in [0.3, 0.4) is 0 Å². The highest BCUT2D eigenvalue weighted by molar-refractivity contribution is 5.82. The largest absolute Gasteiger partial charge is 0.481 e. The first-order valence-electron chi connectivity index (χ1n) is 6.54. The highest BCUT2D eigenvalue weighted by Crippen LogP contribution is 2.34. The minimum absolute atomic E-state index is 0.0956. The van der Waals surface area contributed by atoms with Crippen molar-refractivity contribution < 1.29 is 19.4 Å². The van der Waals surface area contributed by atoms with Gasteiger partial charge in [0.05, 0.1) is 11.8 Å². The average molecular weight is 269 g/mol. The Morgan fingerprint density at radius 1 is 1.47 bits per heavy atom. The zero-order valence-electron chi connectivity index (χ0n) is 12.0. The van der Waals surface area contributed by atoms with Crippen molar-refractivity contribution in [2.45, 2.75) is 20.3 Å². The summed E-state index contributed by atoms with van der Waals surface area (Å²) in [5.74, 6) is -2.67. The number of aliphatic carboxylic acids is 1. The summed E-state index contributed by atoms with van der Waals surface area (Å²) in [6.45, 7) is 4.71. The van der Waals surface area contributed by atoms with Crippen molar-refractivity contribution in [2.75, 3.05) is 27.2 Å². The van der Waals surface area contributed by atoms with E-state index in [4.69, 9.17) is 4.74 Å². The lowest BCUT2D eigenvalue weighted by molar-refractivity contribution is -0.160. The van der Waals surface area contributed by atoms with Gasteiger partial charge in [-0.15, -0.1) is 0 Å². The third kappa shape index (κ3) is 4.35. The number of carbonyl (C=O) groups is 2. The van der Waals surface area contributed by atoms with Crippen LogP contribution in [0, 0.1) is 17.8 Å². The topological polar surface area (TPSA) is 66.8 Å². The molecule has 5 nitrogen and oxygen atoms in total. The van der Waals surface area contributed by atoms with Gasteiger partial charge in [-0.25, -0.2) is 0 Å². The zero-order chi connectivity index (χ0) is 14.6. The maximum atomic E-state index is 12.1. The lowest BCUT2D eigenvalue weighted by Crippen LogP contribution is -2.38. The summed E-state index contributed by atoms with van der Waals surface area (Å²) in [6.07, 6.45) is 2.39. The Bertz CT molecular complexity index is 376. The quantitative estimate of drug-likeness (QED) is 0.603. The van der Waals surface area contributed by atoms with Gasteiger partial charge in [-0.2, -0.15) is 0 Å². The van der Waals surface area contributed by atoms with Crippen molar-refractivity contribution in [3.63, 3.8) is 0 Å². The fourth-order valence-electron chi connectivity index (χ4n) is 2.51. The first-order chi connectivity index (χ1) is 8.82. The summed E-state index contributed by atoms with van der Waals surface area (Å²) in [5.41, 5.74) is 1.03. The normalized spacial score (nSPS) is 27.0. The molecule has 0 unspecified atom stereocenters. The van der Waals surface area contributed by atoms with Crippen LogP contribution in [0.25, 0.3) is 0 Å². The molecule has 0 saturated heterocycles. The van der Waals surface area contributed by atoms with Crippen molar-refractivity contribution in [1.29, 1.82) is 0 Å². The molecule has 0 aliphatic heterocycles. The Labute approximate surface area is 114 Å². The van der Waals surface area contributed by atoms with Crippen LogP contribution in [0.1, 0.15) is 20.3 Å². The second kappa shape index (κ2) is 6.70. The standard InChI is InChI=1S/C14H23NO4/c1-9-7-10(2)12(11(8-9)13(16)17)14(18)19-6-5-15(3)4/h7,10-12H,5-6,8H2,1-4H3,(H,16,17)/t10-,11+,12+/m1/s1. The number of likely N-dealkylation sites (N-methyl/N-ethyl adjacent to an activating group) is 1. The molecule has 0 amide bonds. The molecule has 1 aliphatic carbocycles. The van der Waals surface area contributed by atoms with Gasteiger partial charge >= 0.3 is 11.9 Å². The van der Waals surface area contributed by atoms with Gasteiger partial charge in [0.15, 0.2) is 0 Å². The molecule has 3 atom stereocenters. The molecular formula is C14H23NO4. The molecule has 108 valence electrons. The average Bonchev–Trinajstić information content (AvgIpc) is 2.26. The second-order valence-corrected chi connectivity index (χ2v) is 5.52.